The van der Waals surface area contributed by atoms with E-state index in [0.717, 1.165) is 29.9 Å². The molecule has 0 radical (unpaired) electrons. The van der Waals surface area contributed by atoms with E-state index >= 15 is 0 Å². The van der Waals surface area contributed by atoms with Crippen LogP contribution < -0.4 is 0 Å². The van der Waals surface area contributed by atoms with Crippen LogP contribution in [-0.4, -0.2) is 41.1 Å². The maximum Gasteiger partial charge on any atom is 0.326 e. The molecule has 3 atom stereocenters. The molecular weight excluding hydrogens is 341 g/mol. The molecule has 138 valence electrons. The highest BCUT2D eigenvalue weighted by molar-refractivity contribution is 6.07. The van der Waals surface area contributed by atoms with Crippen molar-refractivity contribution in [3.8, 4) is 0 Å². The summed E-state index contributed by atoms with van der Waals surface area (Å²) >= 11 is 0. The molecular formula is C19H20FNO5. The average Bonchev–Trinajstić information content (AvgIpc) is 2.87. The molecule has 0 spiro atoms. The minimum atomic E-state index is -1.09. The third kappa shape index (κ3) is 3.52. The monoisotopic (exact) mass is 361 g/mol. The molecule has 1 aromatic carbocycles. The van der Waals surface area contributed by atoms with Gasteiger partial charge in [0.1, 0.15) is 12.4 Å². The predicted molar refractivity (Wildman–Crippen MR) is 88.5 cm³/mol. The summed E-state index contributed by atoms with van der Waals surface area (Å²) in [5.41, 5.74) is 0.214. The van der Waals surface area contributed by atoms with Gasteiger partial charge in [-0.2, -0.15) is 0 Å². The number of ketones is 1. The van der Waals surface area contributed by atoms with Crippen molar-refractivity contribution < 1.29 is 28.3 Å². The molecule has 1 aliphatic heterocycles. The number of carbonyl (C=O) groups excluding carboxylic acids is 4. The molecule has 2 aliphatic rings. The van der Waals surface area contributed by atoms with Gasteiger partial charge in [-0.15, -0.1) is 0 Å². The first-order valence-corrected chi connectivity index (χ1v) is 8.73. The van der Waals surface area contributed by atoms with E-state index in [9.17, 15) is 23.6 Å². The van der Waals surface area contributed by atoms with E-state index in [0.29, 0.717) is 12.8 Å². The Morgan fingerprint density at radius 1 is 1.12 bits per heavy atom. The number of esters is 1. The van der Waals surface area contributed by atoms with Gasteiger partial charge in [0.2, 0.25) is 17.6 Å². The molecule has 1 saturated carbocycles. The minimum absolute atomic E-state index is 0.214. The number of hydrogen-bond donors (Lipinski definition) is 0. The second-order valence-electron chi connectivity index (χ2n) is 6.76. The number of nitrogens with zero attached hydrogens (tertiary/aromatic N) is 1. The van der Waals surface area contributed by atoms with Gasteiger partial charge in [-0.25, -0.2) is 4.39 Å². The number of amides is 2. The Labute approximate surface area is 150 Å². The zero-order valence-corrected chi connectivity index (χ0v) is 14.4. The summed E-state index contributed by atoms with van der Waals surface area (Å²) in [4.78, 5) is 50.0. The number of Topliss-reactive ketones (excluding diaryl/α,β-unsaturated/α-hetero) is 1. The summed E-state index contributed by atoms with van der Waals surface area (Å²) in [5, 5.41) is 0. The van der Waals surface area contributed by atoms with Gasteiger partial charge in [-0.05, 0) is 44.0 Å². The van der Waals surface area contributed by atoms with Crippen molar-refractivity contribution in [3.05, 3.63) is 35.6 Å². The van der Waals surface area contributed by atoms with E-state index in [-0.39, 0.29) is 29.2 Å². The van der Waals surface area contributed by atoms with Crippen LogP contribution in [0.4, 0.5) is 4.39 Å². The van der Waals surface area contributed by atoms with Crippen molar-refractivity contribution in [1.29, 1.82) is 0 Å². The molecule has 0 unspecified atom stereocenters. The Balaban J connectivity index is 1.59. The van der Waals surface area contributed by atoms with E-state index in [1.54, 1.807) is 0 Å². The van der Waals surface area contributed by atoms with Gasteiger partial charge >= 0.3 is 5.97 Å². The van der Waals surface area contributed by atoms with Crippen LogP contribution >= 0.6 is 0 Å². The van der Waals surface area contributed by atoms with Gasteiger partial charge in [0, 0.05) is 5.56 Å². The van der Waals surface area contributed by atoms with E-state index in [1.165, 1.54) is 19.1 Å². The van der Waals surface area contributed by atoms with Crippen LogP contribution in [0.1, 0.15) is 43.0 Å². The smallest absolute Gasteiger partial charge is 0.326 e. The predicted octanol–water partition coefficient (Wildman–Crippen LogP) is 2.12. The number of halogens is 1. The molecule has 2 amide bonds. The molecule has 0 aromatic heterocycles. The topological polar surface area (TPSA) is 80.8 Å². The van der Waals surface area contributed by atoms with E-state index < -0.39 is 30.2 Å². The lowest BCUT2D eigenvalue weighted by Crippen LogP contribution is -2.38. The van der Waals surface area contributed by atoms with Gasteiger partial charge in [0.25, 0.3) is 0 Å². The van der Waals surface area contributed by atoms with Crippen molar-refractivity contribution in [1.82, 2.24) is 4.90 Å². The Morgan fingerprint density at radius 2 is 1.65 bits per heavy atom. The normalized spacial score (nSPS) is 23.5. The highest BCUT2D eigenvalue weighted by Gasteiger charge is 2.48. The Kier molecular flexibility index (Phi) is 5.15. The molecule has 0 N–H and O–H groups in total. The first kappa shape index (κ1) is 18.2. The lowest BCUT2D eigenvalue weighted by atomic mass is 9.81. The van der Waals surface area contributed by atoms with Crippen LogP contribution in [0.5, 0.6) is 0 Å². The Bertz CT molecular complexity index is 721. The number of likely N-dealkylation sites (tertiary alicyclic amines) is 1. The molecule has 6 nitrogen and oxygen atoms in total. The zero-order chi connectivity index (χ0) is 18.8. The van der Waals surface area contributed by atoms with E-state index in [1.807, 2.05) is 0 Å². The number of benzene rings is 1. The minimum Gasteiger partial charge on any atom is -0.453 e. The number of ether oxygens (including phenoxy) is 1. The van der Waals surface area contributed by atoms with Crippen LogP contribution in [0.25, 0.3) is 0 Å². The highest BCUT2D eigenvalue weighted by atomic mass is 19.1. The van der Waals surface area contributed by atoms with Crippen LogP contribution in [-0.2, 0) is 19.1 Å². The number of hydrogen-bond acceptors (Lipinski definition) is 5. The third-order valence-corrected chi connectivity index (χ3v) is 5.03. The van der Waals surface area contributed by atoms with Crippen LogP contribution in [0.3, 0.4) is 0 Å². The molecule has 3 rings (SSSR count). The second kappa shape index (κ2) is 7.35. The quantitative estimate of drug-likeness (QED) is 0.456. The van der Waals surface area contributed by atoms with Crippen molar-refractivity contribution in [2.24, 2.45) is 11.8 Å². The lowest BCUT2D eigenvalue weighted by molar-refractivity contribution is -0.154. The summed E-state index contributed by atoms with van der Waals surface area (Å²) in [5.74, 6) is -3.08. The van der Waals surface area contributed by atoms with Crippen LogP contribution in [0.2, 0.25) is 0 Å². The fraction of sp³-hybridized carbons (Fsp3) is 0.474. The largest absolute Gasteiger partial charge is 0.453 e. The fourth-order valence-electron chi connectivity index (χ4n) is 3.65. The van der Waals surface area contributed by atoms with E-state index in [4.69, 9.17) is 4.74 Å². The summed E-state index contributed by atoms with van der Waals surface area (Å²) < 4.78 is 18.0. The van der Waals surface area contributed by atoms with Crippen molar-refractivity contribution >= 4 is 23.6 Å². The first-order valence-electron chi connectivity index (χ1n) is 8.73. The third-order valence-electron chi connectivity index (χ3n) is 5.03. The van der Waals surface area contributed by atoms with Gasteiger partial charge < -0.3 is 4.74 Å². The van der Waals surface area contributed by atoms with Gasteiger partial charge in [-0.1, -0.05) is 12.8 Å². The summed E-state index contributed by atoms with van der Waals surface area (Å²) in [6.45, 7) is 0.919. The maximum atomic E-state index is 12.9. The molecule has 0 bridgehead atoms. The number of imide groups is 1. The lowest BCUT2D eigenvalue weighted by Gasteiger charge is -2.19. The van der Waals surface area contributed by atoms with Crippen molar-refractivity contribution in [3.63, 3.8) is 0 Å². The molecule has 1 saturated heterocycles. The van der Waals surface area contributed by atoms with Gasteiger partial charge in [0.15, 0.2) is 6.10 Å². The molecule has 1 aromatic rings. The Morgan fingerprint density at radius 3 is 2.19 bits per heavy atom. The summed E-state index contributed by atoms with van der Waals surface area (Å²) in [6, 6.07) is 4.90. The molecule has 26 heavy (non-hydrogen) atoms. The maximum absolute atomic E-state index is 12.9. The van der Waals surface area contributed by atoms with Gasteiger partial charge in [-0.3, -0.25) is 24.1 Å². The number of carbonyl (C=O) groups is 4. The molecule has 2 fully saturated rings. The summed E-state index contributed by atoms with van der Waals surface area (Å²) in [7, 11) is 0. The summed E-state index contributed by atoms with van der Waals surface area (Å²) in [6.07, 6.45) is 2.05. The SMILES string of the molecule is C[C@@H](OC(=O)CN1C(=O)[C@H]2CCCC[C@@H]2C1=O)C(=O)c1ccc(F)cc1. The standard InChI is InChI=1S/C19H20FNO5/c1-11(17(23)12-6-8-13(20)9-7-12)26-16(22)10-21-18(24)14-4-2-3-5-15(14)19(21)25/h6-9,11,14-15H,2-5,10H2,1H3/t11-,14+,15+/m1/s1. The second-order valence-corrected chi connectivity index (χ2v) is 6.76. The average molecular weight is 361 g/mol. The highest BCUT2D eigenvalue weighted by Crippen LogP contribution is 2.37. The van der Waals surface area contributed by atoms with Crippen molar-refractivity contribution in [2.75, 3.05) is 6.54 Å². The van der Waals surface area contributed by atoms with Gasteiger partial charge in [0.05, 0.1) is 11.8 Å². The Hall–Kier alpha value is -2.57. The van der Waals surface area contributed by atoms with E-state index in [2.05, 4.69) is 0 Å². The van der Waals surface area contributed by atoms with Crippen molar-refractivity contribution in [2.45, 2.75) is 38.7 Å². The molecule has 1 heterocycles. The first-order chi connectivity index (χ1) is 12.4. The fourth-order valence-corrected chi connectivity index (χ4v) is 3.65. The molecule has 1 aliphatic carbocycles. The number of rotatable bonds is 5. The molecule has 7 heteroatoms. The van der Waals surface area contributed by atoms with Crippen LogP contribution in [0, 0.1) is 17.7 Å². The number of fused-ring (bicyclic) bond motifs is 1. The zero-order valence-electron chi connectivity index (χ0n) is 14.4. The van der Waals surface area contributed by atoms with Crippen LogP contribution in [0.15, 0.2) is 24.3 Å².